The van der Waals surface area contributed by atoms with E-state index in [0.717, 1.165) is 5.56 Å². The highest BCUT2D eigenvalue weighted by Gasteiger charge is 2.50. The molecule has 1 aromatic carbocycles. The summed E-state index contributed by atoms with van der Waals surface area (Å²) in [5.74, 6) is -0.318. The Hall–Kier alpha value is -1.68. The van der Waals surface area contributed by atoms with Crippen LogP contribution in [0.5, 0.6) is 0 Å². The molecule has 0 bridgehead atoms. The van der Waals surface area contributed by atoms with Crippen molar-refractivity contribution in [3.8, 4) is 0 Å². The lowest BCUT2D eigenvalue weighted by atomic mass is 9.81. The fourth-order valence-corrected chi connectivity index (χ4v) is 2.64. The highest BCUT2D eigenvalue weighted by atomic mass is 16.3. The molecule has 2 rings (SSSR count). The van der Waals surface area contributed by atoms with E-state index < -0.39 is 5.41 Å². The van der Waals surface area contributed by atoms with Crippen molar-refractivity contribution in [3.63, 3.8) is 0 Å². The van der Waals surface area contributed by atoms with Gasteiger partial charge in [0.2, 0.25) is 11.8 Å². The van der Waals surface area contributed by atoms with Crippen LogP contribution in [0.25, 0.3) is 0 Å². The molecule has 1 fully saturated rings. The predicted octanol–water partition coefficient (Wildman–Crippen LogP) is 1.47. The van der Waals surface area contributed by atoms with Gasteiger partial charge in [-0.15, -0.1) is 0 Å². The molecule has 1 aliphatic heterocycles. The van der Waals surface area contributed by atoms with Crippen LogP contribution in [0, 0.1) is 0 Å². The highest BCUT2D eigenvalue weighted by Crippen LogP contribution is 2.37. The van der Waals surface area contributed by atoms with Gasteiger partial charge in [-0.05, 0) is 25.8 Å². The first-order valence-electron chi connectivity index (χ1n) is 6.53. The first-order valence-corrected chi connectivity index (χ1v) is 6.53. The van der Waals surface area contributed by atoms with Gasteiger partial charge in [-0.25, -0.2) is 0 Å². The molecule has 102 valence electrons. The van der Waals surface area contributed by atoms with Gasteiger partial charge >= 0.3 is 0 Å². The summed E-state index contributed by atoms with van der Waals surface area (Å²) in [5, 5.41) is 8.97. The lowest BCUT2D eigenvalue weighted by molar-refractivity contribution is -0.142. The molecule has 1 saturated heterocycles. The molecule has 0 aliphatic carbocycles. The molecule has 19 heavy (non-hydrogen) atoms. The molecule has 4 heteroatoms. The van der Waals surface area contributed by atoms with Crippen molar-refractivity contribution in [2.24, 2.45) is 0 Å². The number of imide groups is 1. The predicted molar refractivity (Wildman–Crippen MR) is 71.4 cm³/mol. The second kappa shape index (κ2) is 5.13. The fourth-order valence-electron chi connectivity index (χ4n) is 2.64. The van der Waals surface area contributed by atoms with Crippen molar-refractivity contribution < 1.29 is 14.7 Å². The third-order valence-corrected chi connectivity index (χ3v) is 3.86. The number of likely N-dealkylation sites (tertiary alicyclic amines) is 1. The van der Waals surface area contributed by atoms with Gasteiger partial charge in [0.05, 0.1) is 5.41 Å². The van der Waals surface area contributed by atoms with E-state index in [2.05, 4.69) is 0 Å². The van der Waals surface area contributed by atoms with Crippen LogP contribution in [-0.4, -0.2) is 34.5 Å². The second-order valence-corrected chi connectivity index (χ2v) is 5.31. The van der Waals surface area contributed by atoms with Crippen LogP contribution in [0.2, 0.25) is 0 Å². The average Bonchev–Trinajstić information content (AvgIpc) is 2.62. The molecule has 1 heterocycles. The summed E-state index contributed by atoms with van der Waals surface area (Å²) in [5.41, 5.74) is 0.0919. The van der Waals surface area contributed by atoms with Gasteiger partial charge in [-0.2, -0.15) is 0 Å². The monoisotopic (exact) mass is 261 g/mol. The van der Waals surface area contributed by atoms with E-state index in [1.54, 1.807) is 6.92 Å². The van der Waals surface area contributed by atoms with E-state index >= 15 is 0 Å². The normalized spacial score (nSPS) is 24.9. The van der Waals surface area contributed by atoms with Crippen LogP contribution < -0.4 is 0 Å². The van der Waals surface area contributed by atoms with E-state index in [-0.39, 0.29) is 30.9 Å². The Morgan fingerprint density at radius 3 is 2.53 bits per heavy atom. The summed E-state index contributed by atoms with van der Waals surface area (Å²) >= 11 is 0. The SMILES string of the molecule is CC(CCO)N1C(=O)CC(C)(c2ccccc2)C1=O. The minimum atomic E-state index is -0.776. The minimum absolute atomic E-state index is 0.0275. The van der Waals surface area contributed by atoms with Crippen LogP contribution in [0.3, 0.4) is 0 Å². The smallest absolute Gasteiger partial charge is 0.240 e. The fraction of sp³-hybridized carbons (Fsp3) is 0.467. The zero-order chi connectivity index (χ0) is 14.0. The van der Waals surface area contributed by atoms with Gasteiger partial charge in [-0.1, -0.05) is 30.3 Å². The van der Waals surface area contributed by atoms with Crippen molar-refractivity contribution >= 4 is 11.8 Å². The van der Waals surface area contributed by atoms with Crippen molar-refractivity contribution in [1.82, 2.24) is 4.90 Å². The minimum Gasteiger partial charge on any atom is -0.396 e. The Bertz CT molecular complexity index is 485. The summed E-state index contributed by atoms with van der Waals surface area (Å²) in [6.07, 6.45) is 0.619. The molecule has 4 nitrogen and oxygen atoms in total. The maximum absolute atomic E-state index is 12.6. The number of hydrogen-bond donors (Lipinski definition) is 1. The summed E-state index contributed by atoms with van der Waals surface area (Å²) in [6.45, 7) is 3.58. The third kappa shape index (κ3) is 2.28. The number of nitrogens with zero attached hydrogens (tertiary/aromatic N) is 1. The molecule has 0 saturated carbocycles. The molecular formula is C15H19NO3. The van der Waals surface area contributed by atoms with Crippen molar-refractivity contribution in [2.45, 2.75) is 38.1 Å². The number of hydrogen-bond acceptors (Lipinski definition) is 3. The van der Waals surface area contributed by atoms with Gasteiger partial charge in [0, 0.05) is 19.1 Å². The first kappa shape index (κ1) is 13.7. The van der Waals surface area contributed by atoms with E-state index in [0.29, 0.717) is 6.42 Å². The van der Waals surface area contributed by atoms with Crippen LogP contribution in [0.15, 0.2) is 30.3 Å². The van der Waals surface area contributed by atoms with Crippen molar-refractivity contribution in [2.75, 3.05) is 6.61 Å². The number of rotatable bonds is 4. The molecular weight excluding hydrogens is 242 g/mol. The molecule has 0 spiro atoms. The van der Waals surface area contributed by atoms with E-state index in [1.807, 2.05) is 37.3 Å². The first-order chi connectivity index (χ1) is 9.00. The number of amides is 2. The van der Waals surface area contributed by atoms with Gasteiger partial charge in [0.25, 0.3) is 0 Å². The van der Waals surface area contributed by atoms with E-state index in [4.69, 9.17) is 5.11 Å². The van der Waals surface area contributed by atoms with Gasteiger partial charge in [0.1, 0.15) is 0 Å². The largest absolute Gasteiger partial charge is 0.396 e. The summed E-state index contributed by atoms with van der Waals surface area (Å²) in [4.78, 5) is 26.0. The van der Waals surface area contributed by atoms with Crippen LogP contribution >= 0.6 is 0 Å². The van der Waals surface area contributed by atoms with Gasteiger partial charge in [0.15, 0.2) is 0 Å². The van der Waals surface area contributed by atoms with Crippen molar-refractivity contribution in [1.29, 1.82) is 0 Å². The second-order valence-electron chi connectivity index (χ2n) is 5.31. The van der Waals surface area contributed by atoms with E-state index in [1.165, 1.54) is 4.90 Å². The topological polar surface area (TPSA) is 57.6 Å². The number of aliphatic hydroxyl groups excluding tert-OH is 1. The quantitative estimate of drug-likeness (QED) is 0.835. The summed E-state index contributed by atoms with van der Waals surface area (Å²) < 4.78 is 0. The molecule has 2 amide bonds. The maximum atomic E-state index is 12.6. The Balaban J connectivity index is 2.32. The average molecular weight is 261 g/mol. The van der Waals surface area contributed by atoms with Gasteiger partial charge < -0.3 is 5.11 Å². The molecule has 0 aromatic heterocycles. The van der Waals surface area contributed by atoms with Crippen LogP contribution in [-0.2, 0) is 15.0 Å². The molecule has 1 aliphatic rings. The molecule has 1 N–H and O–H groups in total. The number of benzene rings is 1. The van der Waals surface area contributed by atoms with Gasteiger partial charge in [-0.3, -0.25) is 14.5 Å². The standard InChI is InChI=1S/C15H19NO3/c1-11(8-9-17)16-13(18)10-15(2,14(16)19)12-6-4-3-5-7-12/h3-7,11,17H,8-10H2,1-2H3. The lowest BCUT2D eigenvalue weighted by Gasteiger charge is -2.26. The molecule has 1 aromatic rings. The number of carbonyl (C=O) groups is 2. The number of carbonyl (C=O) groups excluding carboxylic acids is 2. The summed E-state index contributed by atoms with van der Waals surface area (Å²) in [6, 6.07) is 9.14. The molecule has 0 radical (unpaired) electrons. The Kier molecular flexibility index (Phi) is 3.71. The number of aliphatic hydroxyl groups is 1. The van der Waals surface area contributed by atoms with Crippen molar-refractivity contribution in [3.05, 3.63) is 35.9 Å². The Morgan fingerprint density at radius 1 is 1.32 bits per heavy atom. The highest BCUT2D eigenvalue weighted by molar-refractivity contribution is 6.09. The zero-order valence-electron chi connectivity index (χ0n) is 11.3. The lowest BCUT2D eigenvalue weighted by Crippen LogP contribution is -2.42. The molecule has 2 unspecified atom stereocenters. The third-order valence-electron chi connectivity index (χ3n) is 3.86. The Labute approximate surface area is 113 Å². The summed E-state index contributed by atoms with van der Waals surface area (Å²) in [7, 11) is 0. The Morgan fingerprint density at radius 2 is 1.95 bits per heavy atom. The van der Waals surface area contributed by atoms with Crippen LogP contribution in [0.4, 0.5) is 0 Å². The van der Waals surface area contributed by atoms with Crippen LogP contribution in [0.1, 0.15) is 32.3 Å². The maximum Gasteiger partial charge on any atom is 0.240 e. The van der Waals surface area contributed by atoms with E-state index in [9.17, 15) is 9.59 Å². The zero-order valence-corrected chi connectivity index (χ0v) is 11.3. The molecule has 2 atom stereocenters.